The molecular weight excluding hydrogens is 164 g/mol. The topological polar surface area (TPSA) is 38.0 Å². The average molecular weight is 182 g/mol. The van der Waals surface area contributed by atoms with Gasteiger partial charge in [0.05, 0.1) is 12.3 Å². The fourth-order valence-electron chi connectivity index (χ4n) is 1.45. The zero-order valence-electron chi connectivity index (χ0n) is 8.62. The van der Waals surface area contributed by atoms with Gasteiger partial charge in [-0.15, -0.1) is 0 Å². The van der Waals surface area contributed by atoms with Crippen LogP contribution < -0.4 is 0 Å². The lowest BCUT2D eigenvalue weighted by Gasteiger charge is -2.07. The molecule has 1 aromatic rings. The van der Waals surface area contributed by atoms with Gasteiger partial charge in [0.2, 0.25) is 0 Å². The van der Waals surface area contributed by atoms with Crippen LogP contribution in [0.25, 0.3) is 0 Å². The monoisotopic (exact) mass is 182 g/mol. The Hall–Kier alpha value is -0.830. The minimum absolute atomic E-state index is 0.356. The highest BCUT2D eigenvalue weighted by atomic mass is 16.3. The zero-order chi connectivity index (χ0) is 9.84. The van der Waals surface area contributed by atoms with Gasteiger partial charge in [0.1, 0.15) is 0 Å². The predicted molar refractivity (Wildman–Crippen MR) is 52.5 cm³/mol. The predicted octanol–water partition coefficient (Wildman–Crippen LogP) is 2.04. The summed E-state index contributed by atoms with van der Waals surface area (Å²) in [6.45, 7) is 7.04. The molecule has 0 aliphatic carbocycles. The summed E-state index contributed by atoms with van der Waals surface area (Å²) in [5, 5.41) is 13.9. The van der Waals surface area contributed by atoms with E-state index < -0.39 is 0 Å². The minimum Gasteiger partial charge on any atom is -0.388 e. The summed E-state index contributed by atoms with van der Waals surface area (Å²) >= 11 is 0. The third-order valence-corrected chi connectivity index (χ3v) is 2.32. The van der Waals surface area contributed by atoms with Crippen molar-refractivity contribution in [1.82, 2.24) is 9.78 Å². The Kier molecular flexibility index (Phi) is 3.48. The van der Waals surface area contributed by atoms with Crippen LogP contribution in [0.1, 0.15) is 44.1 Å². The molecule has 1 aromatic heterocycles. The van der Waals surface area contributed by atoms with Crippen LogP contribution in [0.5, 0.6) is 0 Å². The van der Waals surface area contributed by atoms with Crippen LogP contribution in [-0.2, 0) is 6.54 Å². The molecule has 0 saturated carbocycles. The Morgan fingerprint density at radius 3 is 2.77 bits per heavy atom. The summed E-state index contributed by atoms with van der Waals surface area (Å²) in [6.07, 6.45) is 3.24. The van der Waals surface area contributed by atoms with E-state index in [4.69, 9.17) is 0 Å². The molecule has 0 bridgehead atoms. The highest BCUT2D eigenvalue weighted by Crippen LogP contribution is 2.19. The molecule has 0 aliphatic heterocycles. The molecule has 1 N–H and O–H groups in total. The lowest BCUT2D eigenvalue weighted by Crippen LogP contribution is -2.03. The first kappa shape index (κ1) is 10.3. The largest absolute Gasteiger partial charge is 0.388 e. The van der Waals surface area contributed by atoms with Crippen LogP contribution >= 0.6 is 0 Å². The van der Waals surface area contributed by atoms with Gasteiger partial charge < -0.3 is 5.11 Å². The van der Waals surface area contributed by atoms with Crippen molar-refractivity contribution < 1.29 is 5.11 Å². The van der Waals surface area contributed by atoms with E-state index >= 15 is 0 Å². The normalized spacial score (nSPS) is 13.2. The highest BCUT2D eigenvalue weighted by molar-refractivity contribution is 5.18. The minimum atomic E-state index is -0.356. The van der Waals surface area contributed by atoms with Crippen molar-refractivity contribution >= 4 is 0 Å². The fourth-order valence-corrected chi connectivity index (χ4v) is 1.45. The maximum absolute atomic E-state index is 9.64. The Morgan fingerprint density at radius 1 is 1.54 bits per heavy atom. The third-order valence-electron chi connectivity index (χ3n) is 2.32. The molecule has 0 aliphatic rings. The molecule has 0 spiro atoms. The molecule has 1 unspecified atom stereocenters. The van der Waals surface area contributed by atoms with E-state index in [0.29, 0.717) is 0 Å². The summed E-state index contributed by atoms with van der Waals surface area (Å²) in [5.41, 5.74) is 2.06. The number of aryl methyl sites for hydroxylation is 1. The van der Waals surface area contributed by atoms with Crippen molar-refractivity contribution in [3.63, 3.8) is 0 Å². The fraction of sp³-hybridized carbons (Fsp3) is 0.700. The van der Waals surface area contributed by atoms with Gasteiger partial charge in [-0.05, 0) is 19.8 Å². The molecule has 0 fully saturated rings. The quantitative estimate of drug-likeness (QED) is 0.773. The molecule has 1 atom stereocenters. The molecule has 0 radical (unpaired) electrons. The number of hydrogen-bond donors (Lipinski definition) is 1. The molecule has 74 valence electrons. The summed E-state index contributed by atoms with van der Waals surface area (Å²) in [6, 6.07) is 0. The second-order valence-electron chi connectivity index (χ2n) is 3.33. The highest BCUT2D eigenvalue weighted by Gasteiger charge is 2.12. The number of aliphatic hydroxyl groups excluding tert-OH is 1. The average Bonchev–Trinajstić information content (AvgIpc) is 2.48. The van der Waals surface area contributed by atoms with E-state index in [1.165, 1.54) is 0 Å². The van der Waals surface area contributed by atoms with Crippen molar-refractivity contribution in [2.24, 2.45) is 0 Å². The van der Waals surface area contributed by atoms with E-state index in [9.17, 15) is 5.11 Å². The molecule has 0 amide bonds. The van der Waals surface area contributed by atoms with Crippen LogP contribution in [-0.4, -0.2) is 14.9 Å². The Morgan fingerprint density at radius 2 is 2.23 bits per heavy atom. The molecule has 1 heterocycles. The van der Waals surface area contributed by atoms with Crippen LogP contribution in [0.15, 0.2) is 6.20 Å². The van der Waals surface area contributed by atoms with E-state index in [-0.39, 0.29) is 6.10 Å². The smallest absolute Gasteiger partial charge is 0.0820 e. The lowest BCUT2D eigenvalue weighted by molar-refractivity contribution is 0.173. The Bertz CT molecular complexity index is 268. The van der Waals surface area contributed by atoms with Crippen molar-refractivity contribution in [2.75, 3.05) is 0 Å². The van der Waals surface area contributed by atoms with Crippen LogP contribution in [0.4, 0.5) is 0 Å². The van der Waals surface area contributed by atoms with Crippen LogP contribution in [0, 0.1) is 6.92 Å². The third kappa shape index (κ3) is 2.10. The van der Waals surface area contributed by atoms with Crippen molar-refractivity contribution in [3.05, 3.63) is 17.5 Å². The van der Waals surface area contributed by atoms with E-state index in [0.717, 1.165) is 30.6 Å². The summed E-state index contributed by atoms with van der Waals surface area (Å²) in [4.78, 5) is 0. The van der Waals surface area contributed by atoms with Gasteiger partial charge in [-0.25, -0.2) is 0 Å². The standard InChI is InChI=1S/C10H18N2O/c1-4-6-12-8(3)9(7-11-12)10(13)5-2/h7,10,13H,4-6H2,1-3H3. The second kappa shape index (κ2) is 4.42. The maximum Gasteiger partial charge on any atom is 0.0820 e. The number of rotatable bonds is 4. The van der Waals surface area contributed by atoms with Gasteiger partial charge in [0.25, 0.3) is 0 Å². The molecular formula is C10H18N2O. The van der Waals surface area contributed by atoms with Gasteiger partial charge in [-0.2, -0.15) is 5.10 Å². The van der Waals surface area contributed by atoms with Crippen LogP contribution in [0.2, 0.25) is 0 Å². The van der Waals surface area contributed by atoms with Gasteiger partial charge in [0, 0.05) is 17.8 Å². The molecule has 3 nitrogen and oxygen atoms in total. The maximum atomic E-state index is 9.64. The Balaban J connectivity index is 2.85. The molecule has 3 heteroatoms. The first-order valence-electron chi connectivity index (χ1n) is 4.91. The van der Waals surface area contributed by atoms with Crippen molar-refractivity contribution in [3.8, 4) is 0 Å². The summed E-state index contributed by atoms with van der Waals surface area (Å²) in [7, 11) is 0. The van der Waals surface area contributed by atoms with E-state index in [1.807, 2.05) is 18.5 Å². The summed E-state index contributed by atoms with van der Waals surface area (Å²) < 4.78 is 1.95. The summed E-state index contributed by atoms with van der Waals surface area (Å²) in [5.74, 6) is 0. The number of hydrogen-bond acceptors (Lipinski definition) is 2. The first-order valence-corrected chi connectivity index (χ1v) is 4.91. The number of nitrogens with zero attached hydrogens (tertiary/aromatic N) is 2. The SMILES string of the molecule is CCCn1ncc(C(O)CC)c1C. The number of aromatic nitrogens is 2. The molecule has 1 rings (SSSR count). The first-order chi connectivity index (χ1) is 6.20. The molecule has 0 aromatic carbocycles. The number of aliphatic hydroxyl groups is 1. The molecule has 13 heavy (non-hydrogen) atoms. The van der Waals surface area contributed by atoms with E-state index in [1.54, 1.807) is 6.20 Å². The van der Waals surface area contributed by atoms with Gasteiger partial charge >= 0.3 is 0 Å². The lowest BCUT2D eigenvalue weighted by atomic mass is 10.1. The van der Waals surface area contributed by atoms with Crippen LogP contribution in [0.3, 0.4) is 0 Å². The van der Waals surface area contributed by atoms with Gasteiger partial charge in [-0.1, -0.05) is 13.8 Å². The zero-order valence-corrected chi connectivity index (χ0v) is 8.62. The van der Waals surface area contributed by atoms with Crippen molar-refractivity contribution in [2.45, 2.75) is 46.3 Å². The van der Waals surface area contributed by atoms with E-state index in [2.05, 4.69) is 12.0 Å². The van der Waals surface area contributed by atoms with Crippen molar-refractivity contribution in [1.29, 1.82) is 0 Å². The Labute approximate surface area is 79.4 Å². The van der Waals surface area contributed by atoms with Gasteiger partial charge in [0.15, 0.2) is 0 Å². The second-order valence-corrected chi connectivity index (χ2v) is 3.33. The van der Waals surface area contributed by atoms with Gasteiger partial charge in [-0.3, -0.25) is 4.68 Å². The molecule has 0 saturated heterocycles.